The Balaban J connectivity index is 2.80. The topological polar surface area (TPSA) is 130 Å². The number of aromatic hydroxyl groups is 1. The zero-order chi connectivity index (χ0) is 20.8. The summed E-state index contributed by atoms with van der Waals surface area (Å²) in [5, 5.41) is 10.6. The number of rotatable bonds is 8. The van der Waals surface area contributed by atoms with Gasteiger partial charge >= 0.3 is 11.9 Å². The molecule has 0 fully saturated rings. The molecule has 0 aliphatic rings. The molecule has 1 aromatic heterocycles. The first-order valence-electron chi connectivity index (χ1n) is 8.30. The maximum absolute atomic E-state index is 13.3. The molecule has 0 unspecified atom stereocenters. The number of nitrogens with zero attached hydrogens (tertiary/aromatic N) is 1. The molecule has 0 saturated heterocycles. The highest BCUT2D eigenvalue weighted by Crippen LogP contribution is 2.40. The van der Waals surface area contributed by atoms with Crippen LogP contribution in [0, 0.1) is 5.82 Å². The normalized spacial score (nSPS) is 10.4. The summed E-state index contributed by atoms with van der Waals surface area (Å²) in [4.78, 5) is 36.1. The van der Waals surface area contributed by atoms with Crippen LogP contribution in [0.1, 0.15) is 34.8 Å². The van der Waals surface area contributed by atoms with Crippen LogP contribution in [0.2, 0.25) is 0 Å². The number of nitrogens with two attached hydrogens (primary N) is 1. The van der Waals surface area contributed by atoms with Crippen molar-refractivity contribution in [3.8, 4) is 17.2 Å². The van der Waals surface area contributed by atoms with E-state index in [4.69, 9.17) is 19.9 Å². The van der Waals surface area contributed by atoms with Gasteiger partial charge in [-0.25, -0.2) is 14.0 Å². The minimum Gasteiger partial charge on any atom is -0.503 e. The summed E-state index contributed by atoms with van der Waals surface area (Å²) in [6.45, 7) is 2.41. The third kappa shape index (κ3) is 4.22. The molecule has 0 saturated carbocycles. The zero-order valence-corrected chi connectivity index (χ0v) is 15.2. The molecule has 2 aromatic rings. The van der Waals surface area contributed by atoms with Crippen molar-refractivity contribution in [2.45, 2.75) is 13.8 Å². The number of primary amides is 1. The van der Waals surface area contributed by atoms with Crippen LogP contribution in [-0.2, 0) is 14.3 Å². The molecule has 2 rings (SSSR count). The summed E-state index contributed by atoms with van der Waals surface area (Å²) in [5.74, 6) is -4.57. The van der Waals surface area contributed by atoms with E-state index >= 15 is 0 Å². The Morgan fingerprint density at radius 3 is 2.07 bits per heavy atom. The van der Waals surface area contributed by atoms with Gasteiger partial charge in [0.05, 0.1) is 13.2 Å². The summed E-state index contributed by atoms with van der Waals surface area (Å²) >= 11 is 0. The van der Waals surface area contributed by atoms with Gasteiger partial charge in [0, 0.05) is 5.69 Å². The van der Waals surface area contributed by atoms with Crippen LogP contribution < -0.4 is 10.5 Å². The lowest BCUT2D eigenvalue weighted by molar-refractivity contribution is -0.120. The second-order valence-corrected chi connectivity index (χ2v) is 5.38. The van der Waals surface area contributed by atoms with Crippen molar-refractivity contribution < 1.29 is 38.1 Å². The molecule has 9 nitrogen and oxygen atoms in total. The number of halogens is 1. The predicted molar refractivity (Wildman–Crippen MR) is 94.0 cm³/mol. The summed E-state index contributed by atoms with van der Waals surface area (Å²) in [5.41, 5.74) is 4.38. The van der Waals surface area contributed by atoms with Crippen LogP contribution in [0.4, 0.5) is 4.39 Å². The van der Waals surface area contributed by atoms with Gasteiger partial charge in [0.1, 0.15) is 5.82 Å². The molecule has 1 heterocycles. The summed E-state index contributed by atoms with van der Waals surface area (Å²) in [6, 6.07) is 4.75. The lowest BCUT2D eigenvalue weighted by atomic mass is 10.3. The van der Waals surface area contributed by atoms with E-state index in [9.17, 15) is 23.9 Å². The third-order valence-electron chi connectivity index (χ3n) is 3.48. The van der Waals surface area contributed by atoms with E-state index in [1.165, 1.54) is 12.1 Å². The van der Waals surface area contributed by atoms with E-state index in [2.05, 4.69) is 0 Å². The first-order chi connectivity index (χ1) is 13.3. The van der Waals surface area contributed by atoms with Gasteiger partial charge in [-0.3, -0.25) is 9.36 Å². The summed E-state index contributed by atoms with van der Waals surface area (Å²) in [7, 11) is 0. The molecule has 0 aliphatic carbocycles. The molecule has 150 valence electrons. The SMILES string of the molecule is CCOC(=O)c1c(O)c(OCC(N)=O)c(C(=O)OCC)n1-c1ccc(F)cc1. The number of benzene rings is 1. The Labute approximate surface area is 159 Å². The van der Waals surface area contributed by atoms with Gasteiger partial charge in [0.2, 0.25) is 0 Å². The lowest BCUT2D eigenvalue weighted by Crippen LogP contribution is -2.21. The third-order valence-corrected chi connectivity index (χ3v) is 3.48. The average Bonchev–Trinajstić information content (AvgIpc) is 2.93. The maximum Gasteiger partial charge on any atom is 0.359 e. The molecule has 28 heavy (non-hydrogen) atoms. The van der Waals surface area contributed by atoms with Crippen LogP contribution in [-0.4, -0.2) is 47.3 Å². The fourth-order valence-corrected chi connectivity index (χ4v) is 2.44. The number of hydrogen-bond acceptors (Lipinski definition) is 7. The molecular weight excluding hydrogens is 375 g/mol. The first kappa shape index (κ1) is 20.7. The molecule has 0 spiro atoms. The monoisotopic (exact) mass is 394 g/mol. The number of ether oxygens (including phenoxy) is 3. The van der Waals surface area contributed by atoms with Crippen molar-refractivity contribution in [2.24, 2.45) is 5.73 Å². The zero-order valence-electron chi connectivity index (χ0n) is 15.2. The Morgan fingerprint density at radius 2 is 1.57 bits per heavy atom. The standard InChI is InChI=1S/C18H19FN2O7/c1-3-26-17(24)13-15(23)16(28-9-12(20)22)14(18(25)27-4-2)21(13)11-7-5-10(19)6-8-11/h5-8,23H,3-4,9H2,1-2H3,(H2,20,22). The van der Waals surface area contributed by atoms with E-state index in [1.54, 1.807) is 13.8 Å². The Morgan fingerprint density at radius 1 is 1.04 bits per heavy atom. The smallest absolute Gasteiger partial charge is 0.359 e. The fraction of sp³-hybridized carbons (Fsp3) is 0.278. The van der Waals surface area contributed by atoms with Crippen LogP contribution in [0.5, 0.6) is 11.5 Å². The van der Waals surface area contributed by atoms with Gasteiger partial charge in [0.25, 0.3) is 5.91 Å². The van der Waals surface area contributed by atoms with Gasteiger partial charge in [0.15, 0.2) is 29.5 Å². The van der Waals surface area contributed by atoms with Gasteiger partial charge < -0.3 is 25.1 Å². The average molecular weight is 394 g/mol. The lowest BCUT2D eigenvalue weighted by Gasteiger charge is -2.12. The largest absolute Gasteiger partial charge is 0.503 e. The number of hydrogen-bond donors (Lipinski definition) is 2. The Hall–Kier alpha value is -3.56. The van der Waals surface area contributed by atoms with Crippen LogP contribution in [0.3, 0.4) is 0 Å². The molecule has 10 heteroatoms. The van der Waals surface area contributed by atoms with Gasteiger partial charge in [-0.1, -0.05) is 0 Å². The summed E-state index contributed by atoms with van der Waals surface area (Å²) < 4.78 is 29.4. The van der Waals surface area contributed by atoms with Gasteiger partial charge in [-0.2, -0.15) is 0 Å². The highest BCUT2D eigenvalue weighted by Gasteiger charge is 2.34. The van der Waals surface area contributed by atoms with Crippen LogP contribution in [0.25, 0.3) is 5.69 Å². The van der Waals surface area contributed by atoms with Gasteiger partial charge in [-0.15, -0.1) is 0 Å². The minimum absolute atomic E-state index is 0.0148. The molecule has 0 aliphatic heterocycles. The fourth-order valence-electron chi connectivity index (χ4n) is 2.44. The second kappa shape index (κ2) is 8.89. The minimum atomic E-state index is -0.969. The Bertz CT molecular complexity index is 890. The van der Waals surface area contributed by atoms with Crippen molar-refractivity contribution >= 4 is 17.8 Å². The van der Waals surface area contributed by atoms with E-state index in [0.717, 1.165) is 16.7 Å². The van der Waals surface area contributed by atoms with E-state index in [0.29, 0.717) is 0 Å². The molecule has 1 aromatic carbocycles. The number of carbonyl (C=O) groups is 3. The van der Waals surface area contributed by atoms with E-state index < -0.39 is 47.5 Å². The number of amides is 1. The molecule has 0 atom stereocenters. The molecule has 3 N–H and O–H groups in total. The number of esters is 2. The number of carbonyl (C=O) groups excluding carboxylic acids is 3. The predicted octanol–water partition coefficient (Wildman–Crippen LogP) is 1.54. The highest BCUT2D eigenvalue weighted by molar-refractivity contribution is 6.00. The molecule has 0 bridgehead atoms. The quantitative estimate of drug-likeness (QED) is 0.650. The van der Waals surface area contributed by atoms with Crippen molar-refractivity contribution in [1.29, 1.82) is 0 Å². The van der Waals surface area contributed by atoms with Crippen molar-refractivity contribution in [3.63, 3.8) is 0 Å². The van der Waals surface area contributed by atoms with E-state index in [-0.39, 0.29) is 24.6 Å². The second-order valence-electron chi connectivity index (χ2n) is 5.38. The van der Waals surface area contributed by atoms with Crippen molar-refractivity contribution in [3.05, 3.63) is 41.5 Å². The first-order valence-corrected chi connectivity index (χ1v) is 8.30. The van der Waals surface area contributed by atoms with Crippen molar-refractivity contribution in [1.82, 2.24) is 4.57 Å². The molecule has 1 amide bonds. The highest BCUT2D eigenvalue weighted by atomic mass is 19.1. The summed E-state index contributed by atoms with van der Waals surface area (Å²) in [6.07, 6.45) is 0. The molecular formula is C18H19FN2O7. The maximum atomic E-state index is 13.3. The van der Waals surface area contributed by atoms with Crippen LogP contribution in [0.15, 0.2) is 24.3 Å². The van der Waals surface area contributed by atoms with Gasteiger partial charge in [-0.05, 0) is 38.1 Å². The molecule has 0 radical (unpaired) electrons. The van der Waals surface area contributed by atoms with E-state index in [1.807, 2.05) is 0 Å². The Kier molecular flexibility index (Phi) is 6.59. The van der Waals surface area contributed by atoms with Crippen LogP contribution >= 0.6 is 0 Å². The number of aromatic nitrogens is 1. The van der Waals surface area contributed by atoms with Crippen molar-refractivity contribution in [2.75, 3.05) is 19.8 Å².